The number of sulfone groups is 1. The molecule has 2 aromatic carbocycles. The number of carbonyl (C=O) groups excluding carboxylic acids is 1. The van der Waals surface area contributed by atoms with E-state index in [1.54, 1.807) is 18.3 Å². The number of hydrogen-bond donors (Lipinski definition) is 3. The predicted molar refractivity (Wildman–Crippen MR) is 141 cm³/mol. The van der Waals surface area contributed by atoms with Crippen LogP contribution in [-0.4, -0.2) is 40.4 Å². The molecule has 2 bridgehead atoms. The number of pyridine rings is 1. The van der Waals surface area contributed by atoms with Crippen molar-refractivity contribution in [2.24, 2.45) is 17.8 Å². The molecule has 3 unspecified atom stereocenters. The topological polar surface area (TPSA) is 117 Å². The third-order valence-electron chi connectivity index (χ3n) is 8.21. The summed E-state index contributed by atoms with van der Waals surface area (Å²) in [6.45, 7) is 1.94. The Balaban J connectivity index is 1.41. The average molecular weight is 577 g/mol. The van der Waals surface area contributed by atoms with Gasteiger partial charge in [-0.05, 0) is 73.4 Å². The molecule has 11 heteroatoms. The molecule has 39 heavy (non-hydrogen) atoms. The number of rotatable bonds is 6. The van der Waals surface area contributed by atoms with Crippen LogP contribution in [0.4, 0.5) is 14.5 Å². The van der Waals surface area contributed by atoms with Crippen molar-refractivity contribution in [3.63, 3.8) is 0 Å². The van der Waals surface area contributed by atoms with E-state index in [0.29, 0.717) is 12.0 Å². The highest BCUT2D eigenvalue weighted by molar-refractivity contribution is 7.92. The number of carbonyl (C=O) groups is 1. The Labute approximate surface area is 229 Å². The van der Waals surface area contributed by atoms with Gasteiger partial charge in [-0.2, -0.15) is 0 Å². The molecule has 1 heterocycles. The molecular formula is C28H27ClF2N2O5S. The lowest BCUT2D eigenvalue weighted by Crippen LogP contribution is -2.52. The molecule has 3 aromatic rings. The van der Waals surface area contributed by atoms with Crippen LogP contribution in [0.1, 0.15) is 48.2 Å². The van der Waals surface area contributed by atoms with Crippen LogP contribution in [-0.2, 0) is 9.84 Å². The highest BCUT2D eigenvalue weighted by Crippen LogP contribution is 2.58. The second-order valence-corrected chi connectivity index (χ2v) is 13.1. The molecule has 2 fully saturated rings. The minimum absolute atomic E-state index is 0.00237. The van der Waals surface area contributed by atoms with E-state index in [1.807, 2.05) is 6.92 Å². The van der Waals surface area contributed by atoms with Crippen molar-refractivity contribution in [3.8, 4) is 0 Å². The number of aromatic nitrogens is 1. The summed E-state index contributed by atoms with van der Waals surface area (Å²) >= 11 is 6.31. The highest BCUT2D eigenvalue weighted by atomic mass is 35.5. The Kier molecular flexibility index (Phi) is 7.26. The number of amides is 1. The van der Waals surface area contributed by atoms with Crippen LogP contribution in [0, 0.1) is 29.4 Å². The molecule has 6 atom stereocenters. The summed E-state index contributed by atoms with van der Waals surface area (Å²) in [6.07, 6.45) is 2.60. The Hall–Kier alpha value is -2.92. The van der Waals surface area contributed by atoms with Gasteiger partial charge in [-0.25, -0.2) is 17.2 Å². The average Bonchev–Trinajstić information content (AvgIpc) is 3.03. The van der Waals surface area contributed by atoms with E-state index < -0.39 is 56.2 Å². The smallest absolute Gasteiger partial charge is 0.255 e. The van der Waals surface area contributed by atoms with Gasteiger partial charge in [0, 0.05) is 35.3 Å². The molecule has 3 N–H and O–H groups in total. The normalized spacial score (nSPS) is 27.2. The number of aliphatic hydroxyl groups excluding tert-OH is 1. The SMILES string of the molecule is C[C@H]1CC2CC(S(=O)(=O)c3cc(C(=O)Nc4ccc(F)c(F)c4)ccc3Cl)CC1[C@@]2(O)[C@H](O)c1cccnc1. The van der Waals surface area contributed by atoms with Gasteiger partial charge in [0.05, 0.1) is 15.2 Å². The van der Waals surface area contributed by atoms with Gasteiger partial charge in [-0.1, -0.05) is 24.6 Å². The van der Waals surface area contributed by atoms with E-state index in [1.165, 1.54) is 30.5 Å². The van der Waals surface area contributed by atoms with Gasteiger partial charge >= 0.3 is 0 Å². The quantitative estimate of drug-likeness (QED) is 0.383. The third-order valence-corrected chi connectivity index (χ3v) is 10.9. The van der Waals surface area contributed by atoms with Crippen molar-refractivity contribution in [1.29, 1.82) is 0 Å². The van der Waals surface area contributed by atoms with E-state index in [0.717, 1.165) is 12.1 Å². The number of fused-ring (bicyclic) bond motifs is 2. The van der Waals surface area contributed by atoms with Gasteiger partial charge in [0.25, 0.3) is 5.91 Å². The first-order chi connectivity index (χ1) is 18.4. The van der Waals surface area contributed by atoms with Crippen molar-refractivity contribution >= 4 is 33.0 Å². The molecule has 2 aliphatic carbocycles. The Morgan fingerprint density at radius 3 is 2.56 bits per heavy atom. The maximum absolute atomic E-state index is 13.8. The summed E-state index contributed by atoms with van der Waals surface area (Å²) in [5.41, 5.74) is -1.07. The summed E-state index contributed by atoms with van der Waals surface area (Å²) in [4.78, 5) is 16.6. The van der Waals surface area contributed by atoms with Crippen molar-refractivity contribution in [3.05, 3.63) is 88.7 Å². The largest absolute Gasteiger partial charge is 0.386 e. The molecule has 0 spiro atoms. The van der Waals surface area contributed by atoms with Crippen LogP contribution in [0.15, 0.2) is 65.8 Å². The molecule has 1 amide bonds. The fourth-order valence-corrected chi connectivity index (χ4v) is 8.64. The van der Waals surface area contributed by atoms with Gasteiger partial charge in [-0.3, -0.25) is 9.78 Å². The number of halogens is 3. The van der Waals surface area contributed by atoms with Crippen LogP contribution < -0.4 is 5.32 Å². The monoisotopic (exact) mass is 576 g/mol. The van der Waals surface area contributed by atoms with E-state index >= 15 is 0 Å². The Morgan fingerprint density at radius 2 is 1.90 bits per heavy atom. The number of hydrogen-bond acceptors (Lipinski definition) is 6. The minimum atomic E-state index is -4.05. The molecule has 0 aliphatic heterocycles. The summed E-state index contributed by atoms with van der Waals surface area (Å²) in [5, 5.41) is 24.4. The molecule has 2 aliphatic rings. The fourth-order valence-electron chi connectivity index (χ4n) is 6.27. The third kappa shape index (κ3) is 4.84. The number of benzene rings is 2. The van der Waals surface area contributed by atoms with Crippen molar-refractivity contribution in [1.82, 2.24) is 4.98 Å². The van der Waals surface area contributed by atoms with Crippen molar-refractivity contribution in [2.75, 3.05) is 5.32 Å². The standard InChI is InChI=1S/C28H27ClF2N2O5S/c1-15-9-18-11-20(13-21(15)28(18,36)26(34)17-3-2-8-32-14-17)39(37,38)25-10-16(4-6-22(25)29)27(35)33-19-5-7-23(30)24(31)12-19/h2-8,10,12,14-15,18,20-21,26,34,36H,9,11,13H2,1H3,(H,33,35)/t15-,18?,20?,21?,26+,28+/m0/s1. The molecule has 1 aromatic heterocycles. The molecule has 0 saturated heterocycles. The van der Waals surface area contributed by atoms with Crippen molar-refractivity contribution < 1.29 is 32.2 Å². The van der Waals surface area contributed by atoms with Gasteiger partial charge in [0.2, 0.25) is 0 Å². The summed E-state index contributed by atoms with van der Waals surface area (Å²) in [5.74, 6) is -3.94. The van der Waals surface area contributed by atoms with E-state index in [9.17, 15) is 32.2 Å². The Bertz CT molecular complexity index is 1520. The van der Waals surface area contributed by atoms with Crippen LogP contribution in [0.25, 0.3) is 0 Å². The summed E-state index contributed by atoms with van der Waals surface area (Å²) in [7, 11) is -4.05. The van der Waals surface area contributed by atoms with E-state index in [4.69, 9.17) is 11.6 Å². The zero-order chi connectivity index (χ0) is 28.1. The van der Waals surface area contributed by atoms with Crippen molar-refractivity contribution in [2.45, 2.75) is 48.0 Å². The Morgan fingerprint density at radius 1 is 1.13 bits per heavy atom. The molecular weight excluding hydrogens is 550 g/mol. The van der Waals surface area contributed by atoms with Crippen LogP contribution >= 0.6 is 11.6 Å². The molecule has 0 radical (unpaired) electrons. The number of aliphatic hydroxyl groups is 2. The first-order valence-corrected chi connectivity index (χ1v) is 14.5. The lowest BCUT2D eigenvalue weighted by molar-refractivity contribution is -0.148. The highest BCUT2D eigenvalue weighted by Gasteiger charge is 2.61. The van der Waals surface area contributed by atoms with E-state index in [2.05, 4.69) is 10.3 Å². The molecule has 206 valence electrons. The first-order valence-electron chi connectivity index (χ1n) is 12.5. The van der Waals surface area contributed by atoms with E-state index in [-0.39, 0.29) is 39.9 Å². The zero-order valence-corrected chi connectivity index (χ0v) is 22.5. The second kappa shape index (κ2) is 10.2. The first kappa shape index (κ1) is 27.6. The van der Waals surface area contributed by atoms with Gasteiger partial charge in [0.1, 0.15) is 11.7 Å². The second-order valence-electron chi connectivity index (χ2n) is 10.5. The maximum atomic E-state index is 13.8. The zero-order valence-electron chi connectivity index (χ0n) is 20.9. The fraction of sp³-hybridized carbons (Fsp3) is 0.357. The van der Waals surface area contributed by atoms with Gasteiger partial charge in [0.15, 0.2) is 21.5 Å². The summed E-state index contributed by atoms with van der Waals surface area (Å²) < 4.78 is 54.5. The molecule has 5 rings (SSSR count). The predicted octanol–water partition coefficient (Wildman–Crippen LogP) is 4.94. The molecule has 2 saturated carbocycles. The van der Waals surface area contributed by atoms with Crippen LogP contribution in [0.3, 0.4) is 0 Å². The van der Waals surface area contributed by atoms with Crippen LogP contribution in [0.5, 0.6) is 0 Å². The number of anilines is 1. The lowest BCUT2D eigenvalue weighted by atomic mass is 9.69. The molecule has 7 nitrogen and oxygen atoms in total. The van der Waals surface area contributed by atoms with Gasteiger partial charge < -0.3 is 15.5 Å². The minimum Gasteiger partial charge on any atom is -0.386 e. The summed E-state index contributed by atoms with van der Waals surface area (Å²) in [6, 6.07) is 10.0. The number of nitrogens with one attached hydrogen (secondary N) is 1. The lowest BCUT2D eigenvalue weighted by Gasteiger charge is -2.45. The number of nitrogens with zero attached hydrogens (tertiary/aromatic N) is 1. The van der Waals surface area contributed by atoms with Crippen LogP contribution in [0.2, 0.25) is 5.02 Å². The van der Waals surface area contributed by atoms with Gasteiger partial charge in [-0.15, -0.1) is 0 Å². The maximum Gasteiger partial charge on any atom is 0.255 e.